The number of halogens is 1. The third-order valence-electron chi connectivity index (χ3n) is 3.80. The number of thiophene rings is 1. The van der Waals surface area contributed by atoms with E-state index in [1.807, 2.05) is 47.8 Å². The molecular weight excluding hydrogens is 382 g/mol. The van der Waals surface area contributed by atoms with Crippen LogP contribution in [0.5, 0.6) is 0 Å². The Morgan fingerprint density at radius 2 is 1.78 bits per heavy atom. The molecule has 0 unspecified atom stereocenters. The fraction of sp³-hybridized carbons (Fsp3) is 0.0476. The molecule has 136 valence electrons. The fourth-order valence-electron chi connectivity index (χ4n) is 2.48. The molecule has 3 rings (SSSR count). The molecule has 0 atom stereocenters. The van der Waals surface area contributed by atoms with Crippen LogP contribution in [0.2, 0.25) is 5.02 Å². The van der Waals surface area contributed by atoms with Crippen molar-refractivity contribution in [3.8, 4) is 11.1 Å². The van der Waals surface area contributed by atoms with E-state index in [2.05, 4.69) is 5.32 Å². The lowest BCUT2D eigenvalue weighted by molar-refractivity contribution is -0.111. The summed E-state index contributed by atoms with van der Waals surface area (Å²) in [5, 5.41) is 5.68. The molecule has 4 nitrogen and oxygen atoms in total. The summed E-state index contributed by atoms with van der Waals surface area (Å²) in [5.74, 6) is -0.830. The minimum atomic E-state index is -0.493. The quantitative estimate of drug-likeness (QED) is 0.456. The van der Waals surface area contributed by atoms with Gasteiger partial charge >= 0.3 is 5.97 Å². The van der Waals surface area contributed by atoms with Crippen molar-refractivity contribution in [2.45, 2.75) is 0 Å². The van der Waals surface area contributed by atoms with Gasteiger partial charge in [0.25, 0.3) is 0 Å². The van der Waals surface area contributed by atoms with Crippen LogP contribution in [0, 0.1) is 0 Å². The Balaban J connectivity index is 1.84. The second kappa shape index (κ2) is 8.66. The molecule has 1 aromatic heterocycles. The first kappa shape index (κ1) is 18.9. The molecule has 1 amide bonds. The smallest absolute Gasteiger partial charge is 0.341 e. The van der Waals surface area contributed by atoms with Crippen LogP contribution in [0.4, 0.5) is 5.00 Å². The SMILES string of the molecule is COC(=O)c1c(-c2ccccc2)csc1NC(=O)/C=C\c1ccc(Cl)cc1. The predicted octanol–water partition coefficient (Wildman–Crippen LogP) is 5.51. The van der Waals surface area contributed by atoms with Crippen molar-refractivity contribution in [3.05, 3.63) is 82.2 Å². The number of rotatable bonds is 5. The molecule has 1 N–H and O–H groups in total. The van der Waals surface area contributed by atoms with Gasteiger partial charge in [0.05, 0.1) is 7.11 Å². The number of hydrogen-bond acceptors (Lipinski definition) is 4. The van der Waals surface area contributed by atoms with Gasteiger partial charge < -0.3 is 10.1 Å². The first-order valence-corrected chi connectivity index (χ1v) is 9.34. The molecule has 0 aliphatic heterocycles. The molecular formula is C21H16ClNO3S. The average Bonchev–Trinajstić information content (AvgIpc) is 3.11. The molecule has 2 aromatic carbocycles. The van der Waals surface area contributed by atoms with Crippen LogP contribution < -0.4 is 5.32 Å². The molecule has 1 heterocycles. The third-order valence-corrected chi connectivity index (χ3v) is 4.95. The van der Waals surface area contributed by atoms with Gasteiger partial charge in [-0.15, -0.1) is 11.3 Å². The predicted molar refractivity (Wildman–Crippen MR) is 110 cm³/mol. The van der Waals surface area contributed by atoms with E-state index >= 15 is 0 Å². The minimum absolute atomic E-state index is 0.337. The summed E-state index contributed by atoms with van der Waals surface area (Å²) in [4.78, 5) is 24.6. The topological polar surface area (TPSA) is 55.4 Å². The van der Waals surface area contributed by atoms with E-state index in [1.165, 1.54) is 24.5 Å². The van der Waals surface area contributed by atoms with E-state index < -0.39 is 5.97 Å². The van der Waals surface area contributed by atoms with Crippen molar-refractivity contribution in [2.24, 2.45) is 0 Å². The van der Waals surface area contributed by atoms with Crippen LogP contribution in [0.15, 0.2) is 66.1 Å². The maximum absolute atomic E-state index is 12.3. The largest absolute Gasteiger partial charge is 0.465 e. The molecule has 0 saturated carbocycles. The summed E-state index contributed by atoms with van der Waals surface area (Å²) in [5.41, 5.74) is 2.80. The van der Waals surface area contributed by atoms with Crippen LogP contribution in [0.1, 0.15) is 15.9 Å². The second-order valence-electron chi connectivity index (χ2n) is 5.59. The standard InChI is InChI=1S/C21H16ClNO3S/c1-26-21(25)19-17(15-5-3-2-4-6-15)13-27-20(19)23-18(24)12-9-14-7-10-16(22)11-8-14/h2-13H,1H3,(H,23,24)/b12-9-. The highest BCUT2D eigenvalue weighted by Crippen LogP contribution is 2.36. The second-order valence-corrected chi connectivity index (χ2v) is 6.90. The minimum Gasteiger partial charge on any atom is -0.465 e. The third kappa shape index (κ3) is 4.64. The van der Waals surface area contributed by atoms with Crippen molar-refractivity contribution in [1.29, 1.82) is 0 Å². The van der Waals surface area contributed by atoms with Crippen molar-refractivity contribution in [2.75, 3.05) is 12.4 Å². The highest BCUT2D eigenvalue weighted by Gasteiger charge is 2.21. The Kier molecular flexibility index (Phi) is 6.06. The molecule has 0 radical (unpaired) electrons. The van der Waals surface area contributed by atoms with Crippen LogP contribution in [-0.2, 0) is 9.53 Å². The molecule has 0 saturated heterocycles. The molecule has 0 aliphatic carbocycles. The highest BCUT2D eigenvalue weighted by atomic mass is 35.5. The summed E-state index contributed by atoms with van der Waals surface area (Å²) in [6, 6.07) is 16.6. The summed E-state index contributed by atoms with van der Waals surface area (Å²) in [6.07, 6.45) is 3.08. The Morgan fingerprint density at radius 3 is 2.44 bits per heavy atom. The monoisotopic (exact) mass is 397 g/mol. The van der Waals surface area contributed by atoms with E-state index in [4.69, 9.17) is 16.3 Å². The van der Waals surface area contributed by atoms with Crippen LogP contribution in [0.25, 0.3) is 17.2 Å². The number of methoxy groups -OCH3 is 1. The molecule has 27 heavy (non-hydrogen) atoms. The first-order valence-electron chi connectivity index (χ1n) is 8.08. The number of benzene rings is 2. The van der Waals surface area contributed by atoms with Gasteiger partial charge in [-0.1, -0.05) is 54.1 Å². The lowest BCUT2D eigenvalue weighted by atomic mass is 10.0. The lowest BCUT2D eigenvalue weighted by Crippen LogP contribution is -2.11. The van der Waals surface area contributed by atoms with Gasteiger partial charge in [-0.2, -0.15) is 0 Å². The fourth-order valence-corrected chi connectivity index (χ4v) is 3.57. The van der Waals surface area contributed by atoms with Crippen molar-refractivity contribution in [1.82, 2.24) is 0 Å². The number of ether oxygens (including phenoxy) is 1. The zero-order valence-electron chi connectivity index (χ0n) is 14.4. The number of carbonyl (C=O) groups is 2. The summed E-state index contributed by atoms with van der Waals surface area (Å²) >= 11 is 7.13. The van der Waals surface area contributed by atoms with E-state index in [0.717, 1.165) is 16.7 Å². The molecule has 0 bridgehead atoms. The Hall–Kier alpha value is -2.89. The average molecular weight is 398 g/mol. The van der Waals surface area contributed by atoms with E-state index in [1.54, 1.807) is 18.2 Å². The summed E-state index contributed by atoms with van der Waals surface area (Å²) < 4.78 is 4.91. The van der Waals surface area contributed by atoms with Gasteiger partial charge in [0.2, 0.25) is 5.91 Å². The lowest BCUT2D eigenvalue weighted by Gasteiger charge is -2.06. The van der Waals surface area contributed by atoms with E-state index in [9.17, 15) is 9.59 Å². The molecule has 0 spiro atoms. The van der Waals surface area contributed by atoms with Crippen molar-refractivity contribution >= 4 is 45.9 Å². The number of amides is 1. The van der Waals surface area contributed by atoms with Crippen molar-refractivity contribution in [3.63, 3.8) is 0 Å². The summed E-state index contributed by atoms with van der Waals surface area (Å²) in [6.45, 7) is 0. The number of carbonyl (C=O) groups excluding carboxylic acids is 2. The van der Waals surface area contributed by atoms with E-state index in [-0.39, 0.29) is 5.91 Å². The number of anilines is 1. The number of nitrogens with one attached hydrogen (secondary N) is 1. The van der Waals surface area contributed by atoms with Gasteiger partial charge in [-0.25, -0.2) is 4.79 Å². The van der Waals surface area contributed by atoms with Crippen LogP contribution in [-0.4, -0.2) is 19.0 Å². The van der Waals surface area contributed by atoms with Gasteiger partial charge in [0.1, 0.15) is 10.6 Å². The molecule has 0 fully saturated rings. The molecule has 0 aliphatic rings. The first-order chi connectivity index (χ1) is 13.1. The maximum atomic E-state index is 12.3. The highest BCUT2D eigenvalue weighted by molar-refractivity contribution is 7.15. The number of esters is 1. The van der Waals surface area contributed by atoms with Crippen LogP contribution in [0.3, 0.4) is 0 Å². The van der Waals surface area contributed by atoms with Gasteiger partial charge in [-0.05, 0) is 29.3 Å². The maximum Gasteiger partial charge on any atom is 0.341 e. The molecule has 6 heteroatoms. The normalized spacial score (nSPS) is 10.7. The van der Waals surface area contributed by atoms with Gasteiger partial charge in [0.15, 0.2) is 0 Å². The zero-order chi connectivity index (χ0) is 19.2. The zero-order valence-corrected chi connectivity index (χ0v) is 16.0. The molecule has 3 aromatic rings. The van der Waals surface area contributed by atoms with Gasteiger partial charge in [-0.3, -0.25) is 4.79 Å². The Bertz CT molecular complexity index is 978. The summed E-state index contributed by atoms with van der Waals surface area (Å²) in [7, 11) is 1.32. The van der Waals surface area contributed by atoms with Crippen molar-refractivity contribution < 1.29 is 14.3 Å². The Morgan fingerprint density at radius 1 is 1.07 bits per heavy atom. The Labute approximate surface area is 166 Å². The van der Waals surface area contributed by atoms with Gasteiger partial charge in [0, 0.05) is 22.0 Å². The van der Waals surface area contributed by atoms with E-state index in [0.29, 0.717) is 15.6 Å². The number of hydrogen-bond donors (Lipinski definition) is 1. The van der Waals surface area contributed by atoms with Crippen LogP contribution >= 0.6 is 22.9 Å².